The molecule has 4 rings (SSSR count). The third-order valence-electron chi connectivity index (χ3n) is 5.24. The number of carbonyl (C=O) groups is 2. The average molecular weight is 468 g/mol. The van der Waals surface area contributed by atoms with E-state index in [-0.39, 0.29) is 17.9 Å². The largest absolute Gasteiger partial charge is 0.503 e. The Kier molecular flexibility index (Phi) is 6.84. The van der Waals surface area contributed by atoms with Crippen molar-refractivity contribution in [3.8, 4) is 11.5 Å². The van der Waals surface area contributed by atoms with Gasteiger partial charge < -0.3 is 23.9 Å². The van der Waals surface area contributed by atoms with Crippen molar-refractivity contribution < 1.29 is 28.6 Å². The summed E-state index contributed by atoms with van der Waals surface area (Å²) in [5.41, 5.74) is 0.671. The van der Waals surface area contributed by atoms with E-state index in [1.165, 1.54) is 22.5 Å². The highest BCUT2D eigenvalue weighted by Crippen LogP contribution is 2.42. The van der Waals surface area contributed by atoms with Gasteiger partial charge in [-0.1, -0.05) is 19.1 Å². The molecule has 1 atom stereocenters. The number of nitrogens with zero attached hydrogens (tertiary/aromatic N) is 1. The van der Waals surface area contributed by atoms with Crippen LogP contribution in [0.2, 0.25) is 0 Å². The molecule has 1 N–H and O–H groups in total. The zero-order valence-electron chi connectivity index (χ0n) is 18.4. The first kappa shape index (κ1) is 22.7. The lowest BCUT2D eigenvalue weighted by molar-refractivity contribution is -0.130. The van der Waals surface area contributed by atoms with E-state index >= 15 is 0 Å². The van der Waals surface area contributed by atoms with Crippen molar-refractivity contribution in [3.63, 3.8) is 0 Å². The first-order valence-electron chi connectivity index (χ1n) is 10.8. The van der Waals surface area contributed by atoms with Crippen LogP contribution in [-0.4, -0.2) is 34.9 Å². The van der Waals surface area contributed by atoms with E-state index in [1.807, 2.05) is 13.8 Å². The number of aliphatic hydroxyl groups excluding tert-OH is 1. The summed E-state index contributed by atoms with van der Waals surface area (Å²) in [4.78, 5) is 28.3. The standard InChI is InChI=1S/C25H25NO6S/c1-3-11-32-18-10-9-16(14-19(18)30-4-2)22-21(23(27)20-8-6-13-33-20)24(28)25(29)26(22)15-17-7-5-12-31-17/h5-10,12-14,22,28H,3-4,11,15H2,1-2H3. The summed E-state index contributed by atoms with van der Waals surface area (Å²) >= 11 is 1.26. The summed E-state index contributed by atoms with van der Waals surface area (Å²) in [5.74, 6) is 0.0904. The van der Waals surface area contributed by atoms with Crippen molar-refractivity contribution in [2.45, 2.75) is 32.9 Å². The molecule has 1 aliphatic rings. The molecule has 0 radical (unpaired) electrons. The molecule has 0 saturated heterocycles. The second kappa shape index (κ2) is 9.95. The van der Waals surface area contributed by atoms with Crippen LogP contribution in [0.5, 0.6) is 11.5 Å². The topological polar surface area (TPSA) is 89.2 Å². The number of amides is 1. The van der Waals surface area contributed by atoms with Crippen molar-refractivity contribution >= 4 is 23.0 Å². The van der Waals surface area contributed by atoms with E-state index in [4.69, 9.17) is 13.9 Å². The molecule has 1 aliphatic heterocycles. The Morgan fingerprint density at radius 1 is 1.15 bits per heavy atom. The van der Waals surface area contributed by atoms with Crippen LogP contribution in [0.1, 0.15) is 47.3 Å². The molecule has 1 unspecified atom stereocenters. The van der Waals surface area contributed by atoms with Gasteiger partial charge in [0.1, 0.15) is 5.76 Å². The van der Waals surface area contributed by atoms with Crippen molar-refractivity contribution in [3.05, 3.63) is 81.6 Å². The number of benzene rings is 1. The Morgan fingerprint density at radius 3 is 2.67 bits per heavy atom. The molecule has 7 nitrogen and oxygen atoms in total. The number of aliphatic hydroxyl groups is 1. The first-order valence-corrected chi connectivity index (χ1v) is 11.7. The fourth-order valence-corrected chi connectivity index (χ4v) is 4.48. The van der Waals surface area contributed by atoms with E-state index in [9.17, 15) is 14.7 Å². The first-order chi connectivity index (χ1) is 16.0. The number of furan rings is 1. The molecule has 0 aliphatic carbocycles. The highest BCUT2D eigenvalue weighted by atomic mass is 32.1. The molecule has 33 heavy (non-hydrogen) atoms. The third kappa shape index (κ3) is 4.52. The number of hydrogen-bond donors (Lipinski definition) is 1. The Labute approximate surface area is 195 Å². The van der Waals surface area contributed by atoms with E-state index in [0.717, 1.165) is 6.42 Å². The predicted octanol–water partition coefficient (Wildman–Crippen LogP) is 5.31. The molecule has 0 saturated carbocycles. The van der Waals surface area contributed by atoms with Crippen LogP contribution in [0.15, 0.2) is 69.9 Å². The van der Waals surface area contributed by atoms with Gasteiger partial charge in [-0.2, -0.15) is 0 Å². The van der Waals surface area contributed by atoms with Crippen LogP contribution in [0.3, 0.4) is 0 Å². The zero-order chi connectivity index (χ0) is 23.4. The average Bonchev–Trinajstić information content (AvgIpc) is 3.57. The fourth-order valence-electron chi connectivity index (χ4n) is 3.80. The van der Waals surface area contributed by atoms with Gasteiger partial charge in [-0.25, -0.2) is 0 Å². The molecule has 0 fully saturated rings. The van der Waals surface area contributed by atoms with Crippen molar-refractivity contribution in [1.82, 2.24) is 4.90 Å². The summed E-state index contributed by atoms with van der Waals surface area (Å²) in [6, 6.07) is 11.4. The number of thiophene rings is 1. The molecule has 1 amide bonds. The molecular formula is C25H25NO6S. The van der Waals surface area contributed by atoms with Gasteiger partial charge in [0.15, 0.2) is 17.3 Å². The molecule has 8 heteroatoms. The van der Waals surface area contributed by atoms with Gasteiger partial charge in [-0.05, 0) is 54.6 Å². The number of Topliss-reactive ketones (excluding diaryl/α,β-unsaturated/α-hetero) is 1. The van der Waals surface area contributed by atoms with Crippen molar-refractivity contribution in [2.24, 2.45) is 0 Å². The quantitative estimate of drug-likeness (QED) is 0.407. The lowest BCUT2D eigenvalue weighted by atomic mass is 9.95. The van der Waals surface area contributed by atoms with Gasteiger partial charge in [-0.3, -0.25) is 9.59 Å². The van der Waals surface area contributed by atoms with Gasteiger partial charge in [0, 0.05) is 0 Å². The molecule has 3 heterocycles. The van der Waals surface area contributed by atoms with Gasteiger partial charge in [0.2, 0.25) is 5.78 Å². The minimum atomic E-state index is -0.809. The minimum absolute atomic E-state index is 0.0404. The molecule has 1 aromatic carbocycles. The van der Waals surface area contributed by atoms with Gasteiger partial charge in [0.25, 0.3) is 5.91 Å². The van der Waals surface area contributed by atoms with Crippen molar-refractivity contribution in [2.75, 3.05) is 13.2 Å². The van der Waals surface area contributed by atoms with Crippen LogP contribution < -0.4 is 9.47 Å². The molecule has 0 spiro atoms. The lowest BCUT2D eigenvalue weighted by Gasteiger charge is -2.26. The van der Waals surface area contributed by atoms with Gasteiger partial charge in [0.05, 0.1) is 42.5 Å². The fraction of sp³-hybridized carbons (Fsp3) is 0.280. The second-order valence-electron chi connectivity index (χ2n) is 7.47. The maximum atomic E-state index is 13.3. The monoisotopic (exact) mass is 467 g/mol. The van der Waals surface area contributed by atoms with Crippen LogP contribution in [-0.2, 0) is 11.3 Å². The summed E-state index contributed by atoms with van der Waals surface area (Å²) in [7, 11) is 0. The molecule has 0 bridgehead atoms. The van der Waals surface area contributed by atoms with Gasteiger partial charge in [-0.15, -0.1) is 11.3 Å². The third-order valence-corrected chi connectivity index (χ3v) is 6.11. The van der Waals surface area contributed by atoms with E-state index in [1.54, 1.807) is 47.8 Å². The summed E-state index contributed by atoms with van der Waals surface area (Å²) in [5, 5.41) is 12.6. The highest BCUT2D eigenvalue weighted by Gasteiger charge is 2.44. The molecular weight excluding hydrogens is 442 g/mol. The maximum Gasteiger partial charge on any atom is 0.290 e. The SMILES string of the molecule is CCCOc1ccc(C2C(C(=O)c3cccs3)=C(O)C(=O)N2Cc2ccco2)cc1OCC. The Bertz CT molecular complexity index is 1150. The second-order valence-corrected chi connectivity index (χ2v) is 8.42. The molecule has 172 valence electrons. The molecule has 3 aromatic rings. The zero-order valence-corrected chi connectivity index (χ0v) is 19.3. The number of ketones is 1. The highest BCUT2D eigenvalue weighted by molar-refractivity contribution is 7.12. The number of ether oxygens (including phenoxy) is 2. The summed E-state index contributed by atoms with van der Waals surface area (Å²) in [6.07, 6.45) is 2.36. The minimum Gasteiger partial charge on any atom is -0.503 e. The van der Waals surface area contributed by atoms with Crippen LogP contribution in [0.25, 0.3) is 0 Å². The van der Waals surface area contributed by atoms with Crippen LogP contribution >= 0.6 is 11.3 Å². The Balaban J connectivity index is 1.79. The van der Waals surface area contributed by atoms with E-state index < -0.39 is 17.7 Å². The van der Waals surface area contributed by atoms with E-state index in [0.29, 0.717) is 40.9 Å². The van der Waals surface area contributed by atoms with Gasteiger partial charge >= 0.3 is 0 Å². The number of carbonyl (C=O) groups excluding carboxylic acids is 2. The summed E-state index contributed by atoms with van der Waals surface area (Å²) in [6.45, 7) is 4.94. The lowest BCUT2D eigenvalue weighted by Crippen LogP contribution is -2.30. The number of rotatable bonds is 10. The van der Waals surface area contributed by atoms with Crippen molar-refractivity contribution in [1.29, 1.82) is 0 Å². The Hall–Kier alpha value is -3.52. The maximum absolute atomic E-state index is 13.3. The number of hydrogen-bond acceptors (Lipinski definition) is 7. The molecule has 2 aromatic heterocycles. The summed E-state index contributed by atoms with van der Waals surface area (Å²) < 4.78 is 17.0. The Morgan fingerprint density at radius 2 is 2.00 bits per heavy atom. The van der Waals surface area contributed by atoms with E-state index in [2.05, 4.69) is 0 Å². The van der Waals surface area contributed by atoms with Crippen LogP contribution in [0.4, 0.5) is 0 Å². The smallest absolute Gasteiger partial charge is 0.290 e. The normalized spacial score (nSPS) is 15.9. The van der Waals surface area contributed by atoms with Crippen LogP contribution in [0, 0.1) is 0 Å². The predicted molar refractivity (Wildman–Crippen MR) is 124 cm³/mol.